The molecule has 4 nitrogen and oxygen atoms in total. The lowest BCUT2D eigenvalue weighted by Crippen LogP contribution is -2.01. The molecule has 0 saturated carbocycles. The van der Waals surface area contributed by atoms with E-state index >= 15 is 0 Å². The number of thiazole rings is 1. The fraction of sp³-hybridized carbons (Fsp3) is 0.222. The van der Waals surface area contributed by atoms with Gasteiger partial charge in [-0.05, 0) is 13.0 Å². The average Bonchev–Trinajstić information content (AvgIpc) is 2.63. The van der Waals surface area contributed by atoms with E-state index in [0.717, 1.165) is 11.6 Å². The fourth-order valence-corrected chi connectivity index (χ4v) is 1.78. The summed E-state index contributed by atoms with van der Waals surface area (Å²) >= 11 is 1.68. The van der Waals surface area contributed by atoms with Crippen LogP contribution in [-0.2, 0) is 6.54 Å². The normalized spacial score (nSPS) is 10.1. The first-order chi connectivity index (χ1) is 6.84. The quantitative estimate of drug-likeness (QED) is 0.832. The topological polar surface area (TPSA) is 50.7 Å². The van der Waals surface area contributed by atoms with Crippen LogP contribution >= 0.6 is 11.3 Å². The van der Waals surface area contributed by atoms with Crippen LogP contribution in [0.1, 0.15) is 9.88 Å². The summed E-state index contributed by atoms with van der Waals surface area (Å²) in [7, 11) is 0. The minimum absolute atomic E-state index is 0.651. The number of hydrogen-bond donors (Lipinski definition) is 1. The van der Waals surface area contributed by atoms with Gasteiger partial charge in [0, 0.05) is 23.5 Å². The van der Waals surface area contributed by atoms with Crippen molar-refractivity contribution in [3.8, 4) is 0 Å². The molecule has 0 radical (unpaired) electrons. The lowest BCUT2D eigenvalue weighted by Gasteiger charge is -2.00. The molecule has 0 saturated heterocycles. The number of nitrogens with one attached hydrogen (secondary N) is 1. The van der Waals surface area contributed by atoms with E-state index in [0.29, 0.717) is 5.95 Å². The Hall–Kier alpha value is -1.49. The lowest BCUT2D eigenvalue weighted by atomic mass is 10.5. The molecule has 1 N–H and O–H groups in total. The third kappa shape index (κ3) is 2.26. The molecule has 0 fully saturated rings. The molecule has 0 aliphatic heterocycles. The van der Waals surface area contributed by atoms with Crippen molar-refractivity contribution in [3.05, 3.63) is 34.5 Å². The Labute approximate surface area is 86.1 Å². The lowest BCUT2D eigenvalue weighted by molar-refractivity contribution is 1.07. The smallest absolute Gasteiger partial charge is 0.222 e. The Bertz CT molecular complexity index is 398. The summed E-state index contributed by atoms with van der Waals surface area (Å²) in [5, 5.41) is 4.20. The van der Waals surface area contributed by atoms with Gasteiger partial charge in [0.1, 0.15) is 0 Å². The van der Waals surface area contributed by atoms with Crippen molar-refractivity contribution >= 4 is 17.3 Å². The maximum Gasteiger partial charge on any atom is 0.222 e. The van der Waals surface area contributed by atoms with Gasteiger partial charge in [-0.1, -0.05) is 0 Å². The van der Waals surface area contributed by atoms with Crippen LogP contribution in [0.15, 0.2) is 24.7 Å². The summed E-state index contributed by atoms with van der Waals surface area (Å²) in [5.74, 6) is 0.651. The van der Waals surface area contributed by atoms with Gasteiger partial charge in [0.2, 0.25) is 5.95 Å². The molecule has 2 aromatic heterocycles. The Morgan fingerprint density at radius 1 is 1.29 bits per heavy atom. The molecular weight excluding hydrogens is 196 g/mol. The number of anilines is 1. The van der Waals surface area contributed by atoms with Crippen LogP contribution < -0.4 is 5.32 Å². The maximum absolute atomic E-state index is 4.17. The molecule has 0 atom stereocenters. The van der Waals surface area contributed by atoms with Gasteiger partial charge in [-0.25, -0.2) is 15.0 Å². The van der Waals surface area contributed by atoms with E-state index in [1.165, 1.54) is 4.88 Å². The molecule has 0 aliphatic rings. The Morgan fingerprint density at radius 3 is 2.71 bits per heavy atom. The summed E-state index contributed by atoms with van der Waals surface area (Å²) in [5.41, 5.74) is 0. The van der Waals surface area contributed by atoms with Crippen molar-refractivity contribution < 1.29 is 0 Å². The van der Waals surface area contributed by atoms with Crippen LogP contribution in [0.5, 0.6) is 0 Å². The first-order valence-electron chi connectivity index (χ1n) is 4.27. The molecule has 5 heteroatoms. The Kier molecular flexibility index (Phi) is 2.69. The van der Waals surface area contributed by atoms with E-state index in [-0.39, 0.29) is 0 Å². The molecule has 0 unspecified atom stereocenters. The van der Waals surface area contributed by atoms with Gasteiger partial charge in [-0.15, -0.1) is 11.3 Å². The molecule has 2 heterocycles. The van der Waals surface area contributed by atoms with Crippen molar-refractivity contribution in [3.63, 3.8) is 0 Å². The summed E-state index contributed by atoms with van der Waals surface area (Å²) in [6.07, 6.45) is 5.30. The van der Waals surface area contributed by atoms with Gasteiger partial charge in [0.05, 0.1) is 11.6 Å². The molecule has 0 aliphatic carbocycles. The second-order valence-electron chi connectivity index (χ2n) is 2.77. The predicted octanol–water partition coefficient (Wildman–Crippen LogP) is 1.85. The van der Waals surface area contributed by atoms with Gasteiger partial charge in [-0.3, -0.25) is 0 Å². The van der Waals surface area contributed by atoms with Gasteiger partial charge >= 0.3 is 0 Å². The summed E-state index contributed by atoms with van der Waals surface area (Å²) in [6.45, 7) is 2.72. The minimum atomic E-state index is 0.651. The highest BCUT2D eigenvalue weighted by Crippen LogP contribution is 2.12. The number of hydrogen-bond acceptors (Lipinski definition) is 5. The third-order valence-corrected chi connectivity index (χ3v) is 2.57. The zero-order chi connectivity index (χ0) is 9.80. The van der Waals surface area contributed by atoms with Gasteiger partial charge in [-0.2, -0.15) is 0 Å². The number of aryl methyl sites for hydroxylation is 1. The van der Waals surface area contributed by atoms with Gasteiger partial charge < -0.3 is 5.32 Å². The van der Waals surface area contributed by atoms with Crippen LogP contribution in [0.2, 0.25) is 0 Å². The van der Waals surface area contributed by atoms with Crippen LogP contribution in [0.4, 0.5) is 5.95 Å². The van der Waals surface area contributed by atoms with E-state index in [4.69, 9.17) is 0 Å². The van der Waals surface area contributed by atoms with Crippen molar-refractivity contribution in [2.75, 3.05) is 5.32 Å². The van der Waals surface area contributed by atoms with E-state index < -0.39 is 0 Å². The van der Waals surface area contributed by atoms with Crippen molar-refractivity contribution in [1.82, 2.24) is 15.0 Å². The minimum Gasteiger partial charge on any atom is -0.349 e. The monoisotopic (exact) mass is 206 g/mol. The summed E-state index contributed by atoms with van der Waals surface area (Å²) < 4.78 is 0. The molecule has 72 valence electrons. The van der Waals surface area contributed by atoms with E-state index in [2.05, 4.69) is 20.3 Å². The van der Waals surface area contributed by atoms with Crippen molar-refractivity contribution in [2.24, 2.45) is 0 Å². The second kappa shape index (κ2) is 4.15. The second-order valence-corrected chi connectivity index (χ2v) is 4.09. The summed E-state index contributed by atoms with van der Waals surface area (Å²) in [4.78, 5) is 13.5. The number of nitrogens with zero attached hydrogens (tertiary/aromatic N) is 3. The highest BCUT2D eigenvalue weighted by atomic mass is 32.1. The summed E-state index contributed by atoms with van der Waals surface area (Å²) in [6, 6.07) is 1.79. The third-order valence-electron chi connectivity index (χ3n) is 1.66. The van der Waals surface area contributed by atoms with E-state index in [9.17, 15) is 0 Å². The van der Waals surface area contributed by atoms with Crippen LogP contribution in [0.3, 0.4) is 0 Å². The average molecular weight is 206 g/mol. The number of aromatic nitrogens is 3. The maximum atomic E-state index is 4.17. The standard InChI is InChI=1S/C9H10N4S/c1-7-12-5-8(14-7)6-13-9-10-3-2-4-11-9/h2-5H,6H2,1H3,(H,10,11,13). The molecule has 14 heavy (non-hydrogen) atoms. The first-order valence-corrected chi connectivity index (χ1v) is 5.08. The van der Waals surface area contributed by atoms with E-state index in [1.54, 1.807) is 29.8 Å². The molecule has 0 spiro atoms. The van der Waals surface area contributed by atoms with Crippen LogP contribution in [0.25, 0.3) is 0 Å². The van der Waals surface area contributed by atoms with E-state index in [1.807, 2.05) is 13.1 Å². The Morgan fingerprint density at radius 2 is 2.07 bits per heavy atom. The number of rotatable bonds is 3. The molecule has 0 amide bonds. The van der Waals surface area contributed by atoms with Crippen LogP contribution in [0, 0.1) is 6.92 Å². The molecule has 0 aromatic carbocycles. The predicted molar refractivity (Wildman–Crippen MR) is 56.2 cm³/mol. The largest absolute Gasteiger partial charge is 0.349 e. The molecular formula is C9H10N4S. The SMILES string of the molecule is Cc1ncc(CNc2ncccn2)s1. The Balaban J connectivity index is 1.95. The highest BCUT2D eigenvalue weighted by molar-refractivity contribution is 7.11. The molecule has 2 rings (SSSR count). The fourth-order valence-electron chi connectivity index (χ4n) is 1.04. The molecule has 0 bridgehead atoms. The zero-order valence-electron chi connectivity index (χ0n) is 7.77. The van der Waals surface area contributed by atoms with Gasteiger partial charge in [0.25, 0.3) is 0 Å². The first kappa shape index (κ1) is 9.08. The van der Waals surface area contributed by atoms with Crippen molar-refractivity contribution in [2.45, 2.75) is 13.5 Å². The van der Waals surface area contributed by atoms with Crippen molar-refractivity contribution in [1.29, 1.82) is 0 Å². The van der Waals surface area contributed by atoms with Crippen LogP contribution in [-0.4, -0.2) is 15.0 Å². The van der Waals surface area contributed by atoms with Gasteiger partial charge in [0.15, 0.2) is 0 Å². The zero-order valence-corrected chi connectivity index (χ0v) is 8.58. The molecule has 2 aromatic rings. The highest BCUT2D eigenvalue weighted by Gasteiger charge is 1.98.